The molecule has 1 amide bonds. The van der Waals surface area contributed by atoms with Crippen molar-refractivity contribution in [1.82, 2.24) is 4.90 Å². The number of nitrogens with zero attached hydrogens (tertiary/aromatic N) is 1. The van der Waals surface area contributed by atoms with Crippen LogP contribution in [-0.2, 0) is 14.3 Å². The van der Waals surface area contributed by atoms with Crippen molar-refractivity contribution >= 4 is 5.91 Å². The van der Waals surface area contributed by atoms with Crippen LogP contribution in [0.3, 0.4) is 0 Å². The molecule has 3 unspecified atom stereocenters. The van der Waals surface area contributed by atoms with Gasteiger partial charge >= 0.3 is 0 Å². The van der Waals surface area contributed by atoms with Crippen LogP contribution in [0.25, 0.3) is 0 Å². The number of carbonyl (C=O) groups is 1. The maximum absolute atomic E-state index is 12.1. The number of methoxy groups -OCH3 is 1. The summed E-state index contributed by atoms with van der Waals surface area (Å²) in [5, 5.41) is 0. The van der Waals surface area contributed by atoms with Gasteiger partial charge in [-0.25, -0.2) is 0 Å². The molecule has 0 spiro atoms. The first-order valence-electron chi connectivity index (χ1n) is 7.23. The van der Waals surface area contributed by atoms with Gasteiger partial charge in [-0.2, -0.15) is 0 Å². The molecule has 3 atom stereocenters. The summed E-state index contributed by atoms with van der Waals surface area (Å²) < 4.78 is 10.2. The van der Waals surface area contributed by atoms with E-state index >= 15 is 0 Å². The van der Waals surface area contributed by atoms with E-state index in [4.69, 9.17) is 9.47 Å². The van der Waals surface area contributed by atoms with Crippen molar-refractivity contribution in [3.05, 3.63) is 12.2 Å². The number of carbonyl (C=O) groups excluding carboxylic acids is 1. The van der Waals surface area contributed by atoms with E-state index in [2.05, 4.69) is 24.0 Å². The lowest BCUT2D eigenvalue weighted by Crippen LogP contribution is -2.40. The molecule has 2 rings (SSSR count). The summed E-state index contributed by atoms with van der Waals surface area (Å²) in [5.74, 6) is 1.23. The van der Waals surface area contributed by atoms with Gasteiger partial charge in [0.15, 0.2) is 0 Å². The third-order valence-electron chi connectivity index (χ3n) is 4.28. The van der Waals surface area contributed by atoms with Gasteiger partial charge in [-0.05, 0) is 32.1 Å². The maximum atomic E-state index is 12.1. The SMILES string of the molecule is COCOCC1CC(=O)N(C(C)C2CC=CCC2)C1. The van der Waals surface area contributed by atoms with Crippen LogP contribution in [0.15, 0.2) is 12.2 Å². The third kappa shape index (κ3) is 3.80. The van der Waals surface area contributed by atoms with Crippen LogP contribution >= 0.6 is 0 Å². The molecule has 1 fully saturated rings. The second-order valence-corrected chi connectivity index (χ2v) is 5.68. The van der Waals surface area contributed by atoms with Crippen LogP contribution in [0.1, 0.15) is 32.6 Å². The fourth-order valence-corrected chi connectivity index (χ4v) is 3.12. The number of allylic oxidation sites excluding steroid dienone is 2. The van der Waals surface area contributed by atoms with Gasteiger partial charge in [0.05, 0.1) is 6.61 Å². The van der Waals surface area contributed by atoms with Crippen LogP contribution in [-0.4, -0.2) is 43.9 Å². The largest absolute Gasteiger partial charge is 0.359 e. The highest BCUT2D eigenvalue weighted by molar-refractivity contribution is 5.79. The van der Waals surface area contributed by atoms with Crippen molar-refractivity contribution < 1.29 is 14.3 Å². The Morgan fingerprint density at radius 3 is 3.00 bits per heavy atom. The van der Waals surface area contributed by atoms with E-state index in [1.54, 1.807) is 7.11 Å². The second kappa shape index (κ2) is 7.06. The normalized spacial score (nSPS) is 28.9. The fourth-order valence-electron chi connectivity index (χ4n) is 3.12. The molecule has 4 heteroatoms. The van der Waals surface area contributed by atoms with Crippen LogP contribution in [0, 0.1) is 11.8 Å². The molecular weight excluding hydrogens is 242 g/mol. The predicted octanol–water partition coefficient (Wildman–Crippen LogP) is 2.20. The van der Waals surface area contributed by atoms with E-state index in [-0.39, 0.29) is 5.91 Å². The molecule has 19 heavy (non-hydrogen) atoms. The van der Waals surface area contributed by atoms with Gasteiger partial charge in [-0.3, -0.25) is 4.79 Å². The van der Waals surface area contributed by atoms with E-state index in [0.29, 0.717) is 37.7 Å². The Balaban J connectivity index is 1.83. The predicted molar refractivity (Wildman–Crippen MR) is 73.6 cm³/mol. The highest BCUT2D eigenvalue weighted by Crippen LogP contribution is 2.29. The maximum Gasteiger partial charge on any atom is 0.223 e. The zero-order chi connectivity index (χ0) is 13.7. The Morgan fingerprint density at radius 2 is 2.32 bits per heavy atom. The van der Waals surface area contributed by atoms with Crippen molar-refractivity contribution in [2.24, 2.45) is 11.8 Å². The van der Waals surface area contributed by atoms with Gasteiger partial charge in [0.1, 0.15) is 6.79 Å². The minimum Gasteiger partial charge on any atom is -0.359 e. The standard InChI is InChI=1S/C15H25NO3/c1-12(14-6-4-3-5-7-14)16-9-13(8-15(16)17)10-19-11-18-2/h3-4,12-14H,5-11H2,1-2H3. The Bertz CT molecular complexity index is 329. The Morgan fingerprint density at radius 1 is 1.47 bits per heavy atom. The number of amides is 1. The van der Waals surface area contributed by atoms with Crippen molar-refractivity contribution in [2.75, 3.05) is 27.1 Å². The van der Waals surface area contributed by atoms with Gasteiger partial charge in [-0.15, -0.1) is 0 Å². The van der Waals surface area contributed by atoms with Crippen LogP contribution in [0.4, 0.5) is 0 Å². The Hall–Kier alpha value is -0.870. The lowest BCUT2D eigenvalue weighted by atomic mass is 9.88. The molecule has 0 aromatic heterocycles. The molecule has 1 saturated heterocycles. The molecule has 1 aliphatic carbocycles. The zero-order valence-electron chi connectivity index (χ0n) is 12.0. The minimum atomic E-state index is 0.285. The van der Waals surface area contributed by atoms with Gasteiger partial charge in [0, 0.05) is 32.0 Å². The third-order valence-corrected chi connectivity index (χ3v) is 4.28. The van der Waals surface area contributed by atoms with E-state index in [0.717, 1.165) is 19.4 Å². The number of ether oxygens (including phenoxy) is 2. The molecule has 0 aromatic carbocycles. The summed E-state index contributed by atoms with van der Waals surface area (Å²) in [6.07, 6.45) is 8.58. The topological polar surface area (TPSA) is 38.8 Å². The summed E-state index contributed by atoms with van der Waals surface area (Å²) in [7, 11) is 1.62. The molecule has 2 aliphatic rings. The molecule has 4 nitrogen and oxygen atoms in total. The monoisotopic (exact) mass is 267 g/mol. The molecular formula is C15H25NO3. The Labute approximate surface area is 115 Å². The fraction of sp³-hybridized carbons (Fsp3) is 0.800. The van der Waals surface area contributed by atoms with Crippen LogP contribution in [0.5, 0.6) is 0 Å². The highest BCUT2D eigenvalue weighted by atomic mass is 16.7. The highest BCUT2D eigenvalue weighted by Gasteiger charge is 2.35. The van der Waals surface area contributed by atoms with Crippen LogP contribution < -0.4 is 0 Å². The second-order valence-electron chi connectivity index (χ2n) is 5.68. The zero-order valence-corrected chi connectivity index (χ0v) is 12.0. The average molecular weight is 267 g/mol. The van der Waals surface area contributed by atoms with Gasteiger partial charge in [0.25, 0.3) is 0 Å². The van der Waals surface area contributed by atoms with Gasteiger partial charge < -0.3 is 14.4 Å². The first kappa shape index (κ1) is 14.5. The summed E-state index contributed by atoms with van der Waals surface area (Å²) in [4.78, 5) is 14.2. The first-order chi connectivity index (χ1) is 9.22. The van der Waals surface area contributed by atoms with E-state index in [1.165, 1.54) is 6.42 Å². The Kier molecular flexibility index (Phi) is 5.40. The summed E-state index contributed by atoms with van der Waals surface area (Å²) in [5.41, 5.74) is 0. The van der Waals surface area contributed by atoms with Crippen molar-refractivity contribution in [1.29, 1.82) is 0 Å². The van der Waals surface area contributed by atoms with Crippen molar-refractivity contribution in [3.8, 4) is 0 Å². The van der Waals surface area contributed by atoms with Gasteiger partial charge in [-0.1, -0.05) is 12.2 Å². The summed E-state index contributed by atoms with van der Waals surface area (Å²) in [6.45, 7) is 3.96. The quantitative estimate of drug-likeness (QED) is 0.421. The average Bonchev–Trinajstić information content (AvgIpc) is 2.80. The molecule has 108 valence electrons. The first-order valence-corrected chi connectivity index (χ1v) is 7.23. The molecule has 0 radical (unpaired) electrons. The lowest BCUT2D eigenvalue weighted by molar-refractivity contribution is -0.130. The number of rotatable bonds is 6. The van der Waals surface area contributed by atoms with Crippen LogP contribution in [0.2, 0.25) is 0 Å². The molecule has 0 aromatic rings. The van der Waals surface area contributed by atoms with E-state index in [9.17, 15) is 4.79 Å². The number of hydrogen-bond donors (Lipinski definition) is 0. The van der Waals surface area contributed by atoms with E-state index < -0.39 is 0 Å². The number of likely N-dealkylation sites (tertiary alicyclic amines) is 1. The lowest BCUT2D eigenvalue weighted by Gasteiger charge is -2.33. The summed E-state index contributed by atoms with van der Waals surface area (Å²) >= 11 is 0. The minimum absolute atomic E-state index is 0.285. The molecule has 1 aliphatic heterocycles. The van der Waals surface area contributed by atoms with Gasteiger partial charge in [0.2, 0.25) is 5.91 Å². The van der Waals surface area contributed by atoms with Crippen molar-refractivity contribution in [3.63, 3.8) is 0 Å². The smallest absolute Gasteiger partial charge is 0.223 e. The molecule has 0 N–H and O–H groups in total. The molecule has 0 bridgehead atoms. The summed E-state index contributed by atoms with van der Waals surface area (Å²) in [6, 6.07) is 0.352. The van der Waals surface area contributed by atoms with E-state index in [1.807, 2.05) is 0 Å². The number of hydrogen-bond acceptors (Lipinski definition) is 3. The molecule has 0 saturated carbocycles. The van der Waals surface area contributed by atoms with Crippen molar-refractivity contribution in [2.45, 2.75) is 38.6 Å². The molecule has 1 heterocycles.